The van der Waals surface area contributed by atoms with E-state index in [0.29, 0.717) is 11.3 Å². The lowest BCUT2D eigenvalue weighted by atomic mass is 10.1. The monoisotopic (exact) mass is 199 g/mol. The van der Waals surface area contributed by atoms with Crippen LogP contribution >= 0.6 is 0 Å². The summed E-state index contributed by atoms with van der Waals surface area (Å²) in [6.07, 6.45) is 0. The summed E-state index contributed by atoms with van der Waals surface area (Å²) >= 11 is 0. The zero-order valence-corrected chi connectivity index (χ0v) is 7.90. The van der Waals surface area contributed by atoms with Crippen molar-refractivity contribution >= 4 is 27.6 Å². The molecule has 0 fully saturated rings. The number of phenolic OH excluding ortho intramolecular Hbond substituents is 1. The van der Waals surface area contributed by atoms with Crippen LogP contribution in [0.4, 0.5) is 5.69 Å². The quantitative estimate of drug-likeness (QED) is 0.547. The van der Waals surface area contributed by atoms with Crippen LogP contribution in [-0.2, 0) is 0 Å². The number of furan rings is 1. The molecule has 3 N–H and O–H groups in total. The number of aromatic hydroxyl groups is 1. The predicted molar refractivity (Wildman–Crippen MR) is 59.8 cm³/mol. The van der Waals surface area contributed by atoms with Crippen molar-refractivity contribution in [3.8, 4) is 5.75 Å². The van der Waals surface area contributed by atoms with E-state index in [-0.39, 0.29) is 5.75 Å². The zero-order chi connectivity index (χ0) is 10.4. The molecule has 0 bridgehead atoms. The van der Waals surface area contributed by atoms with Gasteiger partial charge in [-0.15, -0.1) is 0 Å². The molecule has 0 unspecified atom stereocenters. The maximum atomic E-state index is 9.80. The van der Waals surface area contributed by atoms with Crippen molar-refractivity contribution in [3.05, 3.63) is 36.4 Å². The molecule has 3 rings (SSSR count). The first-order valence-corrected chi connectivity index (χ1v) is 4.65. The highest BCUT2D eigenvalue weighted by Crippen LogP contribution is 2.36. The fourth-order valence-electron chi connectivity index (χ4n) is 1.85. The van der Waals surface area contributed by atoms with Gasteiger partial charge in [-0.05, 0) is 6.07 Å². The summed E-state index contributed by atoms with van der Waals surface area (Å²) in [5, 5.41) is 11.4. The molecule has 3 heteroatoms. The molecule has 0 atom stereocenters. The number of hydrogen-bond donors (Lipinski definition) is 2. The summed E-state index contributed by atoms with van der Waals surface area (Å²) in [4.78, 5) is 0. The molecule has 0 saturated heterocycles. The number of anilines is 1. The fourth-order valence-corrected chi connectivity index (χ4v) is 1.85. The third kappa shape index (κ3) is 1.06. The Morgan fingerprint density at radius 1 is 1.07 bits per heavy atom. The summed E-state index contributed by atoms with van der Waals surface area (Å²) in [7, 11) is 0. The number of phenols is 1. The molecule has 1 aromatic heterocycles. The predicted octanol–water partition coefficient (Wildman–Crippen LogP) is 2.87. The van der Waals surface area contributed by atoms with Crippen molar-refractivity contribution in [1.82, 2.24) is 0 Å². The fraction of sp³-hybridized carbons (Fsp3) is 0. The first kappa shape index (κ1) is 8.17. The van der Waals surface area contributed by atoms with E-state index in [0.717, 1.165) is 16.4 Å². The van der Waals surface area contributed by atoms with Crippen molar-refractivity contribution in [3.63, 3.8) is 0 Å². The van der Waals surface area contributed by atoms with Gasteiger partial charge in [-0.25, -0.2) is 0 Å². The molecule has 3 nitrogen and oxygen atoms in total. The summed E-state index contributed by atoms with van der Waals surface area (Å²) in [6, 6.07) is 10.8. The minimum atomic E-state index is 0.162. The number of benzene rings is 2. The lowest BCUT2D eigenvalue weighted by Crippen LogP contribution is -1.82. The van der Waals surface area contributed by atoms with Crippen molar-refractivity contribution in [1.29, 1.82) is 0 Å². The molecule has 1 heterocycles. The molecule has 0 amide bonds. The van der Waals surface area contributed by atoms with Crippen molar-refractivity contribution < 1.29 is 9.52 Å². The highest BCUT2D eigenvalue weighted by Gasteiger charge is 2.10. The number of nitrogen functional groups attached to an aromatic ring is 1. The lowest BCUT2D eigenvalue weighted by Gasteiger charge is -1.96. The molecule has 3 aromatic rings. The van der Waals surface area contributed by atoms with Crippen LogP contribution in [0.3, 0.4) is 0 Å². The summed E-state index contributed by atoms with van der Waals surface area (Å²) < 4.78 is 5.57. The first-order valence-electron chi connectivity index (χ1n) is 4.65. The van der Waals surface area contributed by atoms with Crippen LogP contribution in [-0.4, -0.2) is 5.11 Å². The highest BCUT2D eigenvalue weighted by atomic mass is 16.3. The number of rotatable bonds is 0. The van der Waals surface area contributed by atoms with Gasteiger partial charge in [-0.2, -0.15) is 0 Å². The van der Waals surface area contributed by atoms with Gasteiger partial charge in [0.05, 0.1) is 5.39 Å². The van der Waals surface area contributed by atoms with Gasteiger partial charge in [-0.3, -0.25) is 0 Å². The third-order valence-corrected chi connectivity index (χ3v) is 2.48. The van der Waals surface area contributed by atoms with E-state index in [4.69, 9.17) is 10.2 Å². The Hall–Kier alpha value is -2.16. The molecule has 0 spiro atoms. The SMILES string of the molecule is Nc1cc(O)c2c(c1)oc1ccccc12. The van der Waals surface area contributed by atoms with Gasteiger partial charge in [0.15, 0.2) is 0 Å². The Balaban J connectivity index is 2.61. The van der Waals surface area contributed by atoms with Crippen molar-refractivity contribution in [2.45, 2.75) is 0 Å². The second-order valence-corrected chi connectivity index (χ2v) is 3.51. The van der Waals surface area contributed by atoms with E-state index >= 15 is 0 Å². The highest BCUT2D eigenvalue weighted by molar-refractivity contribution is 6.08. The van der Waals surface area contributed by atoms with Crippen LogP contribution in [0.15, 0.2) is 40.8 Å². The van der Waals surface area contributed by atoms with Crippen molar-refractivity contribution in [2.24, 2.45) is 0 Å². The van der Waals surface area contributed by atoms with Crippen LogP contribution < -0.4 is 5.73 Å². The molecule has 0 aliphatic carbocycles. The Bertz CT molecular complexity index is 655. The molecular formula is C12H9NO2. The third-order valence-electron chi connectivity index (χ3n) is 2.48. The maximum Gasteiger partial charge on any atom is 0.141 e. The Labute approximate surface area is 85.7 Å². The lowest BCUT2D eigenvalue weighted by molar-refractivity contribution is 0.482. The molecule has 74 valence electrons. The van der Waals surface area contributed by atoms with Gasteiger partial charge >= 0.3 is 0 Å². The second kappa shape index (κ2) is 2.67. The van der Waals surface area contributed by atoms with Crippen LogP contribution in [0.25, 0.3) is 21.9 Å². The molecular weight excluding hydrogens is 190 g/mol. The minimum Gasteiger partial charge on any atom is -0.507 e. The Kier molecular flexibility index (Phi) is 1.45. The molecule has 15 heavy (non-hydrogen) atoms. The summed E-state index contributed by atoms with van der Waals surface area (Å²) in [6.45, 7) is 0. The van der Waals surface area contributed by atoms with E-state index in [1.807, 2.05) is 24.3 Å². The molecule has 0 aliphatic heterocycles. The Morgan fingerprint density at radius 2 is 1.87 bits per heavy atom. The molecule has 0 radical (unpaired) electrons. The van der Waals surface area contributed by atoms with E-state index < -0.39 is 0 Å². The Morgan fingerprint density at radius 3 is 2.73 bits per heavy atom. The summed E-state index contributed by atoms with van der Waals surface area (Å²) in [5.74, 6) is 0.162. The van der Waals surface area contributed by atoms with Crippen LogP contribution in [0.1, 0.15) is 0 Å². The molecule has 0 aliphatic rings. The average Bonchev–Trinajstić information content (AvgIpc) is 2.54. The largest absolute Gasteiger partial charge is 0.507 e. The van der Waals surface area contributed by atoms with Gasteiger partial charge in [-0.1, -0.05) is 18.2 Å². The van der Waals surface area contributed by atoms with Gasteiger partial charge in [0.2, 0.25) is 0 Å². The minimum absolute atomic E-state index is 0.162. The normalized spacial score (nSPS) is 11.2. The zero-order valence-electron chi connectivity index (χ0n) is 7.90. The van der Waals surface area contributed by atoms with Crippen LogP contribution in [0.2, 0.25) is 0 Å². The van der Waals surface area contributed by atoms with Crippen molar-refractivity contribution in [2.75, 3.05) is 5.73 Å². The topological polar surface area (TPSA) is 59.4 Å². The number of fused-ring (bicyclic) bond motifs is 3. The van der Waals surface area contributed by atoms with Crippen LogP contribution in [0.5, 0.6) is 5.75 Å². The van der Waals surface area contributed by atoms with E-state index in [1.54, 1.807) is 6.07 Å². The van der Waals surface area contributed by atoms with Gasteiger partial charge < -0.3 is 15.3 Å². The smallest absolute Gasteiger partial charge is 0.141 e. The van der Waals surface area contributed by atoms with E-state index in [1.165, 1.54) is 6.07 Å². The van der Waals surface area contributed by atoms with Crippen LogP contribution in [0, 0.1) is 0 Å². The number of hydrogen-bond acceptors (Lipinski definition) is 3. The van der Waals surface area contributed by atoms with Gasteiger partial charge in [0.1, 0.15) is 16.9 Å². The van der Waals surface area contributed by atoms with E-state index in [2.05, 4.69) is 0 Å². The average molecular weight is 199 g/mol. The standard InChI is InChI=1S/C12H9NO2/c13-7-5-9(14)12-8-3-1-2-4-10(8)15-11(12)6-7/h1-6,14H,13H2. The summed E-state index contributed by atoms with van der Waals surface area (Å²) in [5.41, 5.74) is 7.50. The maximum absolute atomic E-state index is 9.80. The second-order valence-electron chi connectivity index (χ2n) is 3.51. The van der Waals surface area contributed by atoms with Gasteiger partial charge in [0, 0.05) is 23.2 Å². The number of nitrogens with two attached hydrogens (primary N) is 1. The van der Waals surface area contributed by atoms with Gasteiger partial charge in [0.25, 0.3) is 0 Å². The molecule has 0 saturated carbocycles. The number of para-hydroxylation sites is 1. The first-order chi connectivity index (χ1) is 7.25. The molecule has 2 aromatic carbocycles. The van der Waals surface area contributed by atoms with E-state index in [9.17, 15) is 5.11 Å².